The molecule has 0 aliphatic heterocycles. The van der Waals surface area contributed by atoms with E-state index in [1.807, 2.05) is 31.6 Å². The molecule has 0 aliphatic carbocycles. The number of nitrogens with zero attached hydrogens (tertiary/aromatic N) is 3. The van der Waals surface area contributed by atoms with E-state index in [0.29, 0.717) is 6.54 Å². The Kier molecular flexibility index (Phi) is 5.29. The van der Waals surface area contributed by atoms with Crippen LogP contribution in [-0.2, 0) is 11.2 Å². The molecule has 0 spiro atoms. The van der Waals surface area contributed by atoms with Crippen LogP contribution in [0.1, 0.15) is 36.4 Å². The fourth-order valence-corrected chi connectivity index (χ4v) is 2.93. The lowest BCUT2D eigenvalue weighted by Crippen LogP contribution is -2.33. The van der Waals surface area contributed by atoms with Gasteiger partial charge in [0.2, 0.25) is 5.91 Å². The van der Waals surface area contributed by atoms with Gasteiger partial charge in [-0.15, -0.1) is 11.3 Å². The van der Waals surface area contributed by atoms with Crippen LogP contribution in [0.2, 0.25) is 0 Å². The van der Waals surface area contributed by atoms with E-state index in [0.717, 1.165) is 25.0 Å². The molecule has 0 fully saturated rings. The van der Waals surface area contributed by atoms with E-state index in [2.05, 4.69) is 15.4 Å². The molecule has 0 unspecified atom stereocenters. The predicted molar refractivity (Wildman–Crippen MR) is 79.7 cm³/mol. The van der Waals surface area contributed by atoms with Crippen molar-refractivity contribution in [1.29, 1.82) is 0 Å². The molecule has 2 heterocycles. The first-order chi connectivity index (χ1) is 9.72. The fourth-order valence-electron chi connectivity index (χ4n) is 2.10. The first-order valence-electron chi connectivity index (χ1n) is 6.88. The molecule has 1 amide bonds. The number of nitrogens with one attached hydrogen (secondary N) is 1. The zero-order valence-corrected chi connectivity index (χ0v) is 12.7. The summed E-state index contributed by atoms with van der Waals surface area (Å²) in [5, 5.41) is 7.13. The third kappa shape index (κ3) is 3.66. The molecule has 0 saturated heterocycles. The molecular weight excluding hydrogens is 272 g/mol. The standard InChI is InChI=1S/C14H20N4OS/c1-3-12(18-9-5-8-17-18)14(19)15-7-4-6-13-11(2)16-10-20-13/h5,8-10,12H,3-4,6-7H2,1-2H3,(H,15,19)/t12-/m0/s1. The summed E-state index contributed by atoms with van der Waals surface area (Å²) in [6.45, 7) is 4.70. The average Bonchev–Trinajstić information content (AvgIpc) is 3.08. The van der Waals surface area contributed by atoms with Crippen molar-refractivity contribution in [2.75, 3.05) is 6.54 Å². The highest BCUT2D eigenvalue weighted by atomic mass is 32.1. The summed E-state index contributed by atoms with van der Waals surface area (Å²) in [6.07, 6.45) is 6.16. The van der Waals surface area contributed by atoms with Gasteiger partial charge in [0, 0.05) is 23.8 Å². The van der Waals surface area contributed by atoms with Gasteiger partial charge in [-0.25, -0.2) is 4.98 Å². The molecule has 0 radical (unpaired) electrons. The molecule has 20 heavy (non-hydrogen) atoms. The second-order valence-corrected chi connectivity index (χ2v) is 5.60. The zero-order chi connectivity index (χ0) is 14.4. The highest BCUT2D eigenvalue weighted by Crippen LogP contribution is 2.14. The maximum Gasteiger partial charge on any atom is 0.244 e. The van der Waals surface area contributed by atoms with Crippen LogP contribution in [0.4, 0.5) is 0 Å². The largest absolute Gasteiger partial charge is 0.354 e. The SMILES string of the molecule is CC[C@@H](C(=O)NCCCc1scnc1C)n1cccn1. The van der Waals surface area contributed by atoms with Crippen molar-refractivity contribution in [2.45, 2.75) is 39.2 Å². The minimum atomic E-state index is -0.213. The van der Waals surface area contributed by atoms with E-state index < -0.39 is 0 Å². The second kappa shape index (κ2) is 7.19. The lowest BCUT2D eigenvalue weighted by Gasteiger charge is -2.15. The number of carbonyl (C=O) groups excluding carboxylic acids is 1. The highest BCUT2D eigenvalue weighted by Gasteiger charge is 2.17. The van der Waals surface area contributed by atoms with Gasteiger partial charge >= 0.3 is 0 Å². The van der Waals surface area contributed by atoms with Crippen molar-refractivity contribution in [3.8, 4) is 0 Å². The van der Waals surface area contributed by atoms with Crippen molar-refractivity contribution in [3.05, 3.63) is 34.5 Å². The van der Waals surface area contributed by atoms with Crippen molar-refractivity contribution < 1.29 is 4.79 Å². The van der Waals surface area contributed by atoms with Crippen LogP contribution in [0.15, 0.2) is 24.0 Å². The number of carbonyl (C=O) groups is 1. The summed E-state index contributed by atoms with van der Waals surface area (Å²) >= 11 is 1.68. The maximum atomic E-state index is 12.1. The normalized spacial score (nSPS) is 12.3. The number of amides is 1. The summed E-state index contributed by atoms with van der Waals surface area (Å²) in [5.74, 6) is 0.0391. The Morgan fingerprint density at radius 3 is 3.00 bits per heavy atom. The van der Waals surface area contributed by atoms with E-state index in [1.54, 1.807) is 22.2 Å². The van der Waals surface area contributed by atoms with Gasteiger partial charge in [0.05, 0.1) is 11.2 Å². The molecule has 2 aromatic heterocycles. The summed E-state index contributed by atoms with van der Waals surface area (Å²) in [7, 11) is 0. The van der Waals surface area contributed by atoms with Crippen LogP contribution < -0.4 is 5.32 Å². The Balaban J connectivity index is 1.76. The Bertz CT molecular complexity index is 535. The summed E-state index contributed by atoms with van der Waals surface area (Å²) in [5.41, 5.74) is 2.97. The number of aromatic nitrogens is 3. The van der Waals surface area contributed by atoms with Crippen molar-refractivity contribution in [2.24, 2.45) is 0 Å². The fraction of sp³-hybridized carbons (Fsp3) is 0.500. The molecule has 0 saturated carbocycles. The van der Waals surface area contributed by atoms with Crippen LogP contribution in [0.5, 0.6) is 0 Å². The van der Waals surface area contributed by atoms with Crippen molar-refractivity contribution >= 4 is 17.2 Å². The minimum absolute atomic E-state index is 0.0391. The van der Waals surface area contributed by atoms with Gasteiger partial charge < -0.3 is 5.32 Å². The Hall–Kier alpha value is -1.69. The third-order valence-electron chi connectivity index (χ3n) is 3.26. The van der Waals surface area contributed by atoms with Gasteiger partial charge in [-0.05, 0) is 32.3 Å². The summed E-state index contributed by atoms with van der Waals surface area (Å²) in [4.78, 5) is 17.6. The molecule has 5 nitrogen and oxygen atoms in total. The summed E-state index contributed by atoms with van der Waals surface area (Å²) in [6, 6.07) is 1.62. The average molecular weight is 292 g/mol. The third-order valence-corrected chi connectivity index (χ3v) is 4.25. The van der Waals surface area contributed by atoms with Crippen LogP contribution in [-0.4, -0.2) is 27.2 Å². The number of rotatable bonds is 7. The molecule has 0 bridgehead atoms. The van der Waals surface area contributed by atoms with E-state index in [9.17, 15) is 4.79 Å². The van der Waals surface area contributed by atoms with Gasteiger partial charge in [-0.1, -0.05) is 6.92 Å². The second-order valence-electron chi connectivity index (χ2n) is 4.67. The maximum absolute atomic E-state index is 12.1. The van der Waals surface area contributed by atoms with Gasteiger partial charge in [0.15, 0.2) is 0 Å². The number of aryl methyl sites for hydroxylation is 2. The van der Waals surface area contributed by atoms with Gasteiger partial charge in [-0.3, -0.25) is 9.48 Å². The quantitative estimate of drug-likeness (QED) is 0.797. The van der Waals surface area contributed by atoms with Gasteiger partial charge in [-0.2, -0.15) is 5.10 Å². The molecule has 2 rings (SSSR count). The number of hydrogen-bond donors (Lipinski definition) is 1. The molecule has 0 aliphatic rings. The van der Waals surface area contributed by atoms with E-state index in [1.165, 1.54) is 4.88 Å². The monoisotopic (exact) mass is 292 g/mol. The van der Waals surface area contributed by atoms with Crippen molar-refractivity contribution in [3.63, 3.8) is 0 Å². The van der Waals surface area contributed by atoms with Crippen LogP contribution >= 0.6 is 11.3 Å². The smallest absolute Gasteiger partial charge is 0.244 e. The molecular formula is C14H20N4OS. The van der Waals surface area contributed by atoms with Crippen LogP contribution in [0.25, 0.3) is 0 Å². The number of hydrogen-bond acceptors (Lipinski definition) is 4. The molecule has 0 aromatic carbocycles. The zero-order valence-electron chi connectivity index (χ0n) is 11.9. The molecule has 2 aromatic rings. The van der Waals surface area contributed by atoms with E-state index in [-0.39, 0.29) is 11.9 Å². The first kappa shape index (κ1) is 14.7. The van der Waals surface area contributed by atoms with Crippen LogP contribution in [0, 0.1) is 6.92 Å². The van der Waals surface area contributed by atoms with Gasteiger partial charge in [0.1, 0.15) is 6.04 Å². The summed E-state index contributed by atoms with van der Waals surface area (Å²) < 4.78 is 1.71. The van der Waals surface area contributed by atoms with Gasteiger partial charge in [0.25, 0.3) is 0 Å². The van der Waals surface area contributed by atoms with E-state index >= 15 is 0 Å². The van der Waals surface area contributed by atoms with E-state index in [4.69, 9.17) is 0 Å². The molecule has 1 N–H and O–H groups in total. The lowest BCUT2D eigenvalue weighted by atomic mass is 10.2. The highest BCUT2D eigenvalue weighted by molar-refractivity contribution is 7.09. The minimum Gasteiger partial charge on any atom is -0.354 e. The van der Waals surface area contributed by atoms with Crippen LogP contribution in [0.3, 0.4) is 0 Å². The Morgan fingerprint density at radius 2 is 2.40 bits per heavy atom. The topological polar surface area (TPSA) is 59.8 Å². The molecule has 108 valence electrons. The van der Waals surface area contributed by atoms with Crippen molar-refractivity contribution in [1.82, 2.24) is 20.1 Å². The Labute approximate surface area is 123 Å². The Morgan fingerprint density at radius 1 is 1.55 bits per heavy atom. The number of thiazole rings is 1. The first-order valence-corrected chi connectivity index (χ1v) is 7.76. The molecule has 6 heteroatoms. The predicted octanol–water partition coefficient (Wildman–Crippen LogP) is 2.35. The molecule has 1 atom stereocenters. The lowest BCUT2D eigenvalue weighted by molar-refractivity contribution is -0.124.